The van der Waals surface area contributed by atoms with Gasteiger partial charge < -0.3 is 10.1 Å². The zero-order chi connectivity index (χ0) is 20.1. The highest BCUT2D eigenvalue weighted by atomic mass is 32.2. The first-order valence-electron chi connectivity index (χ1n) is 9.58. The zero-order valence-electron chi connectivity index (χ0n) is 16.2. The lowest BCUT2D eigenvalue weighted by Crippen LogP contribution is -2.20. The van der Waals surface area contributed by atoms with Crippen LogP contribution in [0.25, 0.3) is 22.0 Å². The van der Waals surface area contributed by atoms with Crippen LogP contribution >= 0.6 is 11.9 Å². The van der Waals surface area contributed by atoms with Gasteiger partial charge in [0.15, 0.2) is 0 Å². The van der Waals surface area contributed by atoms with E-state index in [2.05, 4.69) is 39.5 Å². The molecular weight excluding hydrogens is 387 g/mol. The molecule has 5 nitrogen and oxygen atoms in total. The highest BCUT2D eigenvalue weighted by Gasteiger charge is 2.28. The SMILES string of the molecule is Cc1cc(O)n(CCN2Sc3ccc(-c4c[nH]c5cc(F)ccc45)cc3C2C)n1. The predicted molar refractivity (Wildman–Crippen MR) is 113 cm³/mol. The first-order chi connectivity index (χ1) is 14.0. The molecule has 0 aliphatic carbocycles. The molecule has 0 radical (unpaired) electrons. The van der Waals surface area contributed by atoms with Crippen LogP contribution < -0.4 is 0 Å². The van der Waals surface area contributed by atoms with Crippen LogP contribution in [0.2, 0.25) is 0 Å². The third-order valence-electron chi connectivity index (χ3n) is 5.48. The Kier molecular flexibility index (Phi) is 4.37. The molecule has 29 heavy (non-hydrogen) atoms. The molecule has 0 saturated heterocycles. The molecule has 2 aromatic carbocycles. The number of H-pyrrole nitrogens is 1. The van der Waals surface area contributed by atoms with Crippen molar-refractivity contribution in [3.8, 4) is 17.0 Å². The number of aromatic amines is 1. The molecule has 2 aromatic heterocycles. The van der Waals surface area contributed by atoms with E-state index in [0.717, 1.165) is 34.3 Å². The van der Waals surface area contributed by atoms with Gasteiger partial charge in [-0.2, -0.15) is 5.10 Å². The van der Waals surface area contributed by atoms with E-state index < -0.39 is 0 Å². The lowest BCUT2D eigenvalue weighted by Gasteiger charge is -2.20. The normalized spacial score (nSPS) is 16.6. The molecule has 148 valence electrons. The van der Waals surface area contributed by atoms with E-state index in [-0.39, 0.29) is 17.7 Å². The fourth-order valence-electron chi connectivity index (χ4n) is 3.95. The number of benzene rings is 2. The average molecular weight is 409 g/mol. The highest BCUT2D eigenvalue weighted by Crippen LogP contribution is 2.45. The molecule has 0 saturated carbocycles. The molecule has 0 amide bonds. The number of aryl methyl sites for hydroxylation is 1. The van der Waals surface area contributed by atoms with E-state index in [1.54, 1.807) is 22.7 Å². The largest absolute Gasteiger partial charge is 0.493 e. The van der Waals surface area contributed by atoms with Crippen LogP contribution in [0, 0.1) is 12.7 Å². The zero-order valence-corrected chi connectivity index (χ0v) is 17.0. The third-order valence-corrected chi connectivity index (χ3v) is 6.78. The standard InChI is InChI=1S/C22H21FN4OS/c1-13-9-22(28)26(25-13)7-8-27-14(2)18-10-15(3-6-21(18)29-27)19-12-24-20-11-16(23)4-5-17(19)20/h3-6,9-12,14,24,28H,7-8H2,1-2H3. The first-order valence-corrected chi connectivity index (χ1v) is 10.4. The molecule has 5 rings (SSSR count). The Morgan fingerprint density at radius 1 is 1.17 bits per heavy atom. The molecular formula is C22H21FN4OS. The molecule has 0 spiro atoms. The molecule has 7 heteroatoms. The fourth-order valence-corrected chi connectivity index (χ4v) is 5.11. The molecule has 1 unspecified atom stereocenters. The van der Waals surface area contributed by atoms with Crippen LogP contribution in [-0.2, 0) is 6.54 Å². The maximum Gasteiger partial charge on any atom is 0.209 e. The summed E-state index contributed by atoms with van der Waals surface area (Å²) in [4.78, 5) is 4.42. The number of fused-ring (bicyclic) bond motifs is 2. The lowest BCUT2D eigenvalue weighted by molar-refractivity contribution is 0.339. The van der Waals surface area contributed by atoms with Crippen molar-refractivity contribution in [2.24, 2.45) is 0 Å². The van der Waals surface area contributed by atoms with E-state index in [1.165, 1.54) is 22.6 Å². The topological polar surface area (TPSA) is 57.1 Å². The van der Waals surface area contributed by atoms with E-state index in [1.807, 2.05) is 19.2 Å². The number of aromatic hydroxyl groups is 1. The van der Waals surface area contributed by atoms with Crippen molar-refractivity contribution < 1.29 is 9.50 Å². The van der Waals surface area contributed by atoms with Crippen LogP contribution in [0.1, 0.15) is 24.2 Å². The number of halogens is 1. The Bertz CT molecular complexity index is 1210. The van der Waals surface area contributed by atoms with E-state index in [4.69, 9.17) is 0 Å². The Labute approximate surface area is 172 Å². The molecule has 1 aliphatic rings. The molecule has 2 N–H and O–H groups in total. The summed E-state index contributed by atoms with van der Waals surface area (Å²) in [6, 6.07) is 13.3. The quantitative estimate of drug-likeness (QED) is 0.452. The van der Waals surface area contributed by atoms with Crippen molar-refractivity contribution in [3.05, 3.63) is 65.7 Å². The molecule has 3 heterocycles. The molecule has 0 fully saturated rings. The number of aromatic nitrogens is 3. The highest BCUT2D eigenvalue weighted by molar-refractivity contribution is 7.97. The van der Waals surface area contributed by atoms with Gasteiger partial charge in [-0.3, -0.25) is 0 Å². The number of nitrogens with one attached hydrogen (secondary N) is 1. The van der Waals surface area contributed by atoms with Gasteiger partial charge in [0, 0.05) is 46.2 Å². The summed E-state index contributed by atoms with van der Waals surface area (Å²) < 4.78 is 17.4. The second-order valence-electron chi connectivity index (χ2n) is 7.42. The molecule has 4 aromatic rings. The van der Waals surface area contributed by atoms with Gasteiger partial charge in [0.2, 0.25) is 5.88 Å². The van der Waals surface area contributed by atoms with Crippen molar-refractivity contribution in [2.45, 2.75) is 31.3 Å². The monoisotopic (exact) mass is 408 g/mol. The summed E-state index contributed by atoms with van der Waals surface area (Å²) >= 11 is 1.74. The molecule has 1 aliphatic heterocycles. The van der Waals surface area contributed by atoms with Crippen molar-refractivity contribution in [3.63, 3.8) is 0 Å². The van der Waals surface area contributed by atoms with Crippen molar-refractivity contribution >= 4 is 22.9 Å². The van der Waals surface area contributed by atoms with Gasteiger partial charge in [-0.05, 0) is 67.3 Å². The maximum atomic E-state index is 13.5. The summed E-state index contributed by atoms with van der Waals surface area (Å²) in [6.07, 6.45) is 1.94. The lowest BCUT2D eigenvalue weighted by atomic mass is 9.99. The first kappa shape index (κ1) is 18.3. The number of hydrogen-bond acceptors (Lipinski definition) is 4. The van der Waals surface area contributed by atoms with Crippen LogP contribution in [0.5, 0.6) is 5.88 Å². The van der Waals surface area contributed by atoms with Crippen molar-refractivity contribution in [2.75, 3.05) is 6.54 Å². The van der Waals surface area contributed by atoms with Crippen LogP contribution in [0.15, 0.2) is 53.6 Å². The van der Waals surface area contributed by atoms with Gasteiger partial charge in [0.1, 0.15) is 5.82 Å². The van der Waals surface area contributed by atoms with Gasteiger partial charge in [0.05, 0.1) is 12.2 Å². The Morgan fingerprint density at radius 2 is 2.03 bits per heavy atom. The van der Waals surface area contributed by atoms with Gasteiger partial charge in [-0.15, -0.1) is 0 Å². The second-order valence-corrected chi connectivity index (χ2v) is 8.51. The number of rotatable bonds is 4. The van der Waals surface area contributed by atoms with Crippen molar-refractivity contribution in [1.29, 1.82) is 0 Å². The van der Waals surface area contributed by atoms with Gasteiger partial charge in [-0.1, -0.05) is 6.07 Å². The van der Waals surface area contributed by atoms with Gasteiger partial charge in [0.25, 0.3) is 0 Å². The number of nitrogens with zero attached hydrogens (tertiary/aromatic N) is 3. The second kappa shape index (κ2) is 6.93. The Hall–Kier alpha value is -2.77. The summed E-state index contributed by atoms with van der Waals surface area (Å²) in [5.41, 5.74) is 5.10. The fraction of sp³-hybridized carbons (Fsp3) is 0.227. The van der Waals surface area contributed by atoms with E-state index >= 15 is 0 Å². The Morgan fingerprint density at radius 3 is 2.83 bits per heavy atom. The van der Waals surface area contributed by atoms with Crippen LogP contribution in [0.3, 0.4) is 0 Å². The van der Waals surface area contributed by atoms with Gasteiger partial charge >= 0.3 is 0 Å². The maximum absolute atomic E-state index is 13.5. The summed E-state index contributed by atoms with van der Waals surface area (Å²) in [7, 11) is 0. The smallest absolute Gasteiger partial charge is 0.209 e. The molecule has 0 bridgehead atoms. The minimum absolute atomic E-state index is 0.204. The van der Waals surface area contributed by atoms with Crippen LogP contribution in [0.4, 0.5) is 4.39 Å². The van der Waals surface area contributed by atoms with Crippen LogP contribution in [-0.4, -0.2) is 30.7 Å². The van der Waals surface area contributed by atoms with Gasteiger partial charge in [-0.25, -0.2) is 13.4 Å². The summed E-state index contributed by atoms with van der Waals surface area (Å²) in [5, 5.41) is 15.3. The van der Waals surface area contributed by atoms with E-state index in [0.29, 0.717) is 6.54 Å². The number of hydrogen-bond donors (Lipinski definition) is 2. The van der Waals surface area contributed by atoms with E-state index in [9.17, 15) is 9.50 Å². The third kappa shape index (κ3) is 3.20. The summed E-state index contributed by atoms with van der Waals surface area (Å²) in [6.45, 7) is 5.48. The Balaban J connectivity index is 1.39. The summed E-state index contributed by atoms with van der Waals surface area (Å²) in [5.74, 6) is -0.0335. The predicted octanol–water partition coefficient (Wildman–Crippen LogP) is 5.27. The van der Waals surface area contributed by atoms with Crippen molar-refractivity contribution in [1.82, 2.24) is 19.1 Å². The molecule has 1 atom stereocenters. The minimum atomic E-state index is -0.237. The minimum Gasteiger partial charge on any atom is -0.493 e. The average Bonchev–Trinajstić information content (AvgIpc) is 3.35.